The van der Waals surface area contributed by atoms with E-state index in [0.29, 0.717) is 0 Å². The molecular formula is C8H12N4O4S. The third kappa shape index (κ3) is 3.89. The van der Waals surface area contributed by atoms with E-state index in [1.165, 1.54) is 12.3 Å². The molecule has 0 aliphatic carbocycles. The standard InChI is InChI=1S/C8H12N4O4S/c9-6-5(8(13)14)1-2-11-7(6)12-3-4-17(10,15)16/h1-2H,3-4,9H2,(H,11,12)(H,13,14)(H2,10,15,16). The van der Waals surface area contributed by atoms with Crippen molar-refractivity contribution in [3.8, 4) is 0 Å². The molecule has 0 spiro atoms. The van der Waals surface area contributed by atoms with Gasteiger partial charge in [-0.05, 0) is 6.07 Å². The molecule has 0 aliphatic rings. The first kappa shape index (κ1) is 13.2. The van der Waals surface area contributed by atoms with Gasteiger partial charge in [0.15, 0.2) is 0 Å². The van der Waals surface area contributed by atoms with Crippen LogP contribution in [0.3, 0.4) is 0 Å². The van der Waals surface area contributed by atoms with Crippen LogP contribution in [0.1, 0.15) is 10.4 Å². The molecular weight excluding hydrogens is 248 g/mol. The highest BCUT2D eigenvalue weighted by molar-refractivity contribution is 7.89. The first-order valence-electron chi connectivity index (χ1n) is 4.53. The number of pyridine rings is 1. The lowest BCUT2D eigenvalue weighted by molar-refractivity contribution is 0.0698. The molecule has 0 unspecified atom stereocenters. The molecule has 9 heteroatoms. The van der Waals surface area contributed by atoms with E-state index in [4.69, 9.17) is 16.0 Å². The van der Waals surface area contributed by atoms with Crippen LogP contribution < -0.4 is 16.2 Å². The molecule has 1 rings (SSSR count). The number of hydrogen-bond donors (Lipinski definition) is 4. The summed E-state index contributed by atoms with van der Waals surface area (Å²) in [5.41, 5.74) is 5.40. The average Bonchev–Trinajstić information content (AvgIpc) is 2.18. The third-order valence-electron chi connectivity index (χ3n) is 1.90. The summed E-state index contributed by atoms with van der Waals surface area (Å²) in [4.78, 5) is 14.6. The van der Waals surface area contributed by atoms with E-state index in [1.54, 1.807) is 0 Å². The fourth-order valence-electron chi connectivity index (χ4n) is 1.11. The summed E-state index contributed by atoms with van der Waals surface area (Å²) in [5.74, 6) is -1.36. The van der Waals surface area contributed by atoms with Crippen LogP contribution in [-0.2, 0) is 10.0 Å². The van der Waals surface area contributed by atoms with Crippen molar-refractivity contribution in [1.82, 2.24) is 4.98 Å². The van der Waals surface area contributed by atoms with Gasteiger partial charge < -0.3 is 16.2 Å². The van der Waals surface area contributed by atoms with E-state index in [0.717, 1.165) is 0 Å². The number of nitrogens with zero attached hydrogens (tertiary/aromatic N) is 1. The zero-order chi connectivity index (χ0) is 13.1. The molecule has 1 aromatic heterocycles. The summed E-state index contributed by atoms with van der Waals surface area (Å²) in [5, 5.41) is 16.2. The van der Waals surface area contributed by atoms with Crippen molar-refractivity contribution < 1.29 is 18.3 Å². The Morgan fingerprint density at radius 1 is 1.53 bits per heavy atom. The monoisotopic (exact) mass is 260 g/mol. The number of primary sulfonamides is 1. The molecule has 1 heterocycles. The van der Waals surface area contributed by atoms with Crippen molar-refractivity contribution in [1.29, 1.82) is 0 Å². The minimum absolute atomic E-state index is 0.000887. The second-order valence-electron chi connectivity index (χ2n) is 3.22. The minimum atomic E-state index is -3.58. The van der Waals surface area contributed by atoms with Crippen molar-refractivity contribution in [2.24, 2.45) is 5.14 Å². The molecule has 0 atom stereocenters. The van der Waals surface area contributed by atoms with E-state index < -0.39 is 16.0 Å². The van der Waals surface area contributed by atoms with Gasteiger partial charge in [0.1, 0.15) is 5.82 Å². The molecule has 0 saturated heterocycles. The van der Waals surface area contributed by atoms with Crippen molar-refractivity contribution in [2.45, 2.75) is 0 Å². The number of carboxylic acid groups (broad SMARTS) is 1. The predicted octanol–water partition coefficient (Wildman–Crippen LogP) is -0.938. The Kier molecular flexibility index (Phi) is 3.86. The second-order valence-corrected chi connectivity index (χ2v) is 4.95. The summed E-state index contributed by atoms with van der Waals surface area (Å²) >= 11 is 0. The maximum Gasteiger partial charge on any atom is 0.337 e. The number of hydrogen-bond acceptors (Lipinski definition) is 6. The van der Waals surface area contributed by atoms with Gasteiger partial charge in [-0.15, -0.1) is 0 Å². The fourth-order valence-corrected chi connectivity index (χ4v) is 1.50. The highest BCUT2D eigenvalue weighted by Crippen LogP contribution is 2.19. The van der Waals surface area contributed by atoms with Crippen LogP contribution in [0.2, 0.25) is 0 Å². The zero-order valence-corrected chi connectivity index (χ0v) is 9.57. The van der Waals surface area contributed by atoms with Crippen molar-refractivity contribution in [3.05, 3.63) is 17.8 Å². The van der Waals surface area contributed by atoms with Crippen LogP contribution in [0.15, 0.2) is 12.3 Å². The smallest absolute Gasteiger partial charge is 0.337 e. The summed E-state index contributed by atoms with van der Waals surface area (Å²) in [6, 6.07) is 1.25. The lowest BCUT2D eigenvalue weighted by Crippen LogP contribution is -2.23. The maximum atomic E-state index is 10.8. The van der Waals surface area contributed by atoms with Crippen LogP contribution in [0.4, 0.5) is 11.5 Å². The summed E-state index contributed by atoms with van der Waals surface area (Å²) < 4.78 is 21.3. The van der Waals surface area contributed by atoms with Crippen molar-refractivity contribution in [2.75, 3.05) is 23.3 Å². The van der Waals surface area contributed by atoms with E-state index in [-0.39, 0.29) is 29.4 Å². The van der Waals surface area contributed by atoms with Gasteiger partial charge in [0.2, 0.25) is 10.0 Å². The van der Waals surface area contributed by atoms with Gasteiger partial charge in [-0.1, -0.05) is 0 Å². The number of carboxylic acids is 1. The van der Waals surface area contributed by atoms with Crippen LogP contribution in [0.5, 0.6) is 0 Å². The van der Waals surface area contributed by atoms with Crippen LogP contribution in [-0.4, -0.2) is 36.8 Å². The largest absolute Gasteiger partial charge is 0.478 e. The maximum absolute atomic E-state index is 10.8. The Morgan fingerprint density at radius 3 is 2.71 bits per heavy atom. The number of carbonyl (C=O) groups is 1. The Morgan fingerprint density at radius 2 is 2.18 bits per heavy atom. The molecule has 8 nitrogen and oxygen atoms in total. The van der Waals surface area contributed by atoms with Gasteiger partial charge in [0.05, 0.1) is 17.0 Å². The number of nitrogens with one attached hydrogen (secondary N) is 1. The molecule has 0 radical (unpaired) electrons. The number of aromatic carboxylic acids is 1. The predicted molar refractivity (Wildman–Crippen MR) is 62.1 cm³/mol. The van der Waals surface area contributed by atoms with Gasteiger partial charge in [0.25, 0.3) is 0 Å². The number of rotatable bonds is 5. The molecule has 1 aromatic rings. The number of anilines is 2. The van der Waals surface area contributed by atoms with E-state index in [2.05, 4.69) is 10.3 Å². The number of nitrogens with two attached hydrogens (primary N) is 2. The fraction of sp³-hybridized carbons (Fsp3) is 0.250. The molecule has 17 heavy (non-hydrogen) atoms. The highest BCUT2D eigenvalue weighted by Gasteiger charge is 2.12. The lowest BCUT2D eigenvalue weighted by atomic mass is 10.2. The van der Waals surface area contributed by atoms with Crippen LogP contribution >= 0.6 is 0 Å². The SMILES string of the molecule is Nc1c(C(=O)O)ccnc1NCCS(N)(=O)=O. The third-order valence-corrected chi connectivity index (χ3v) is 2.67. The number of nitrogen functional groups attached to an aromatic ring is 1. The molecule has 94 valence electrons. The zero-order valence-electron chi connectivity index (χ0n) is 8.75. The summed E-state index contributed by atoms with van der Waals surface area (Å²) in [6.45, 7) is -0.000887. The Hall–Kier alpha value is -1.87. The lowest BCUT2D eigenvalue weighted by Gasteiger charge is -2.09. The molecule has 0 bridgehead atoms. The quantitative estimate of drug-likeness (QED) is 0.534. The normalized spacial score (nSPS) is 11.1. The summed E-state index contributed by atoms with van der Waals surface area (Å²) in [6.07, 6.45) is 1.26. The van der Waals surface area contributed by atoms with Crippen molar-refractivity contribution >= 4 is 27.5 Å². The van der Waals surface area contributed by atoms with Gasteiger partial charge in [0, 0.05) is 12.7 Å². The molecule has 0 aromatic carbocycles. The molecule has 6 N–H and O–H groups in total. The van der Waals surface area contributed by atoms with Crippen LogP contribution in [0, 0.1) is 0 Å². The van der Waals surface area contributed by atoms with Gasteiger partial charge in [-0.3, -0.25) is 0 Å². The molecule has 0 amide bonds. The van der Waals surface area contributed by atoms with E-state index >= 15 is 0 Å². The van der Waals surface area contributed by atoms with Crippen LogP contribution in [0.25, 0.3) is 0 Å². The van der Waals surface area contributed by atoms with Gasteiger partial charge in [-0.25, -0.2) is 23.3 Å². The molecule has 0 saturated carbocycles. The van der Waals surface area contributed by atoms with E-state index in [1.807, 2.05) is 0 Å². The van der Waals surface area contributed by atoms with Crippen molar-refractivity contribution in [3.63, 3.8) is 0 Å². The van der Waals surface area contributed by atoms with Gasteiger partial charge >= 0.3 is 5.97 Å². The highest BCUT2D eigenvalue weighted by atomic mass is 32.2. The van der Waals surface area contributed by atoms with Gasteiger partial charge in [-0.2, -0.15) is 0 Å². The topological polar surface area (TPSA) is 148 Å². The molecule has 0 aliphatic heterocycles. The first-order chi connectivity index (χ1) is 7.81. The second kappa shape index (κ2) is 4.97. The number of aromatic nitrogens is 1. The Balaban J connectivity index is 2.79. The molecule has 0 fully saturated rings. The first-order valence-corrected chi connectivity index (χ1v) is 6.25. The minimum Gasteiger partial charge on any atom is -0.478 e. The Bertz CT molecular complexity index is 528. The summed E-state index contributed by atoms with van der Waals surface area (Å²) in [7, 11) is -3.58. The average molecular weight is 260 g/mol. The number of sulfonamides is 1. The Labute approximate surface area is 97.7 Å². The van der Waals surface area contributed by atoms with E-state index in [9.17, 15) is 13.2 Å².